The quantitative estimate of drug-likeness (QED) is 0.707. The lowest BCUT2D eigenvalue weighted by molar-refractivity contribution is -0.149. The number of carbonyl (C=O) groups excluding carboxylic acids is 1. The molecular weight excluding hydrogens is 208 g/mol. The highest BCUT2D eigenvalue weighted by Gasteiger charge is 2.34. The molecule has 1 amide bonds. The van der Waals surface area contributed by atoms with Crippen molar-refractivity contribution in [1.82, 2.24) is 4.90 Å². The van der Waals surface area contributed by atoms with Gasteiger partial charge in [0.25, 0.3) is 5.91 Å². The van der Waals surface area contributed by atoms with Crippen LogP contribution in [0.15, 0.2) is 0 Å². The number of nitrogens with zero attached hydrogens (tertiary/aromatic N) is 1. The Morgan fingerprint density at radius 3 is 2.94 bits per heavy atom. The molecule has 2 aliphatic heterocycles. The van der Waals surface area contributed by atoms with Gasteiger partial charge >= 0.3 is 0 Å². The van der Waals surface area contributed by atoms with E-state index in [0.717, 1.165) is 12.8 Å². The van der Waals surface area contributed by atoms with Gasteiger partial charge in [0.15, 0.2) is 0 Å². The Labute approximate surface area is 95.9 Å². The zero-order chi connectivity index (χ0) is 11.5. The average molecular weight is 228 g/mol. The largest absolute Gasteiger partial charge is 0.375 e. The van der Waals surface area contributed by atoms with Crippen LogP contribution in [0, 0.1) is 0 Å². The van der Waals surface area contributed by atoms with Gasteiger partial charge in [-0.15, -0.1) is 0 Å². The van der Waals surface area contributed by atoms with Gasteiger partial charge in [0, 0.05) is 19.6 Å². The molecule has 2 aliphatic rings. The molecule has 5 nitrogen and oxygen atoms in total. The van der Waals surface area contributed by atoms with E-state index in [-0.39, 0.29) is 24.2 Å². The molecule has 0 aromatic rings. The summed E-state index contributed by atoms with van der Waals surface area (Å²) in [4.78, 5) is 14.0. The van der Waals surface area contributed by atoms with Gasteiger partial charge in [-0.05, 0) is 19.8 Å². The molecule has 0 spiro atoms. The minimum absolute atomic E-state index is 0.0624. The molecule has 2 rings (SSSR count). The van der Waals surface area contributed by atoms with Crippen LogP contribution in [0.3, 0.4) is 0 Å². The molecule has 0 bridgehead atoms. The topological polar surface area (TPSA) is 64.8 Å². The summed E-state index contributed by atoms with van der Waals surface area (Å²) in [6.07, 6.45) is 1.61. The minimum atomic E-state index is -0.279. The van der Waals surface area contributed by atoms with Gasteiger partial charge in [-0.1, -0.05) is 0 Å². The van der Waals surface area contributed by atoms with Gasteiger partial charge in [0.05, 0.1) is 18.8 Å². The number of hydrogen-bond donors (Lipinski definition) is 1. The van der Waals surface area contributed by atoms with Crippen molar-refractivity contribution < 1.29 is 14.3 Å². The summed E-state index contributed by atoms with van der Waals surface area (Å²) < 4.78 is 11.0. The zero-order valence-electron chi connectivity index (χ0n) is 9.72. The molecule has 2 heterocycles. The first-order chi connectivity index (χ1) is 7.70. The summed E-state index contributed by atoms with van der Waals surface area (Å²) in [5.41, 5.74) is 5.53. The Morgan fingerprint density at radius 2 is 2.31 bits per heavy atom. The smallest absolute Gasteiger partial charge is 0.251 e. The van der Waals surface area contributed by atoms with E-state index in [1.807, 2.05) is 11.8 Å². The number of morpholine rings is 1. The van der Waals surface area contributed by atoms with Crippen LogP contribution in [-0.2, 0) is 14.3 Å². The Bertz CT molecular complexity index is 260. The summed E-state index contributed by atoms with van der Waals surface area (Å²) in [5, 5.41) is 0. The Morgan fingerprint density at radius 1 is 1.50 bits per heavy atom. The molecular formula is C11H20N2O3. The zero-order valence-corrected chi connectivity index (χ0v) is 9.72. The van der Waals surface area contributed by atoms with E-state index in [0.29, 0.717) is 26.2 Å². The molecule has 3 atom stereocenters. The second-order valence-corrected chi connectivity index (χ2v) is 4.53. The van der Waals surface area contributed by atoms with Crippen LogP contribution in [0.4, 0.5) is 0 Å². The fourth-order valence-corrected chi connectivity index (χ4v) is 2.28. The third-order valence-corrected chi connectivity index (χ3v) is 3.20. The molecule has 2 N–H and O–H groups in total. The number of amides is 1. The van der Waals surface area contributed by atoms with Gasteiger partial charge in [-0.25, -0.2) is 0 Å². The predicted molar refractivity (Wildman–Crippen MR) is 58.9 cm³/mol. The van der Waals surface area contributed by atoms with Crippen LogP contribution in [0.1, 0.15) is 19.8 Å². The summed E-state index contributed by atoms with van der Waals surface area (Å²) >= 11 is 0. The second kappa shape index (κ2) is 5.12. The van der Waals surface area contributed by atoms with Crippen molar-refractivity contribution in [1.29, 1.82) is 0 Å². The van der Waals surface area contributed by atoms with Gasteiger partial charge in [0.2, 0.25) is 0 Å². The maximum atomic E-state index is 12.1. The molecule has 0 saturated carbocycles. The molecule has 0 radical (unpaired) electrons. The van der Waals surface area contributed by atoms with Gasteiger partial charge in [-0.2, -0.15) is 0 Å². The molecule has 0 aromatic heterocycles. The number of hydrogen-bond acceptors (Lipinski definition) is 4. The monoisotopic (exact) mass is 228 g/mol. The molecule has 16 heavy (non-hydrogen) atoms. The first kappa shape index (κ1) is 11.8. The maximum absolute atomic E-state index is 12.1. The third kappa shape index (κ3) is 2.53. The number of nitrogens with two attached hydrogens (primary N) is 1. The summed E-state index contributed by atoms with van der Waals surface area (Å²) in [5.74, 6) is 0.103. The molecule has 0 aromatic carbocycles. The van der Waals surface area contributed by atoms with Crippen molar-refractivity contribution in [2.24, 2.45) is 5.73 Å². The summed E-state index contributed by atoms with van der Waals surface area (Å²) in [7, 11) is 0. The van der Waals surface area contributed by atoms with Crippen LogP contribution >= 0.6 is 0 Å². The van der Waals surface area contributed by atoms with E-state index in [2.05, 4.69) is 0 Å². The van der Waals surface area contributed by atoms with Crippen molar-refractivity contribution in [3.8, 4) is 0 Å². The van der Waals surface area contributed by atoms with E-state index < -0.39 is 0 Å². The lowest BCUT2D eigenvalue weighted by Crippen LogP contribution is -2.48. The third-order valence-electron chi connectivity index (χ3n) is 3.20. The SMILES string of the molecule is CC1CN(C(=O)[C@@H]2CC[C@H](CN)O2)CCO1. The van der Waals surface area contributed by atoms with E-state index in [4.69, 9.17) is 15.2 Å². The molecule has 0 aliphatic carbocycles. The van der Waals surface area contributed by atoms with Crippen molar-refractivity contribution in [3.05, 3.63) is 0 Å². The highest BCUT2D eigenvalue weighted by molar-refractivity contribution is 5.81. The maximum Gasteiger partial charge on any atom is 0.251 e. The fourth-order valence-electron chi connectivity index (χ4n) is 2.28. The van der Waals surface area contributed by atoms with E-state index in [1.165, 1.54) is 0 Å². The molecule has 5 heteroatoms. The van der Waals surface area contributed by atoms with Crippen molar-refractivity contribution in [2.45, 2.75) is 38.1 Å². The molecule has 2 fully saturated rings. The lowest BCUT2D eigenvalue weighted by Gasteiger charge is -2.32. The standard InChI is InChI=1S/C11H20N2O3/c1-8-7-13(4-5-15-8)11(14)10-3-2-9(6-12)16-10/h8-10H,2-7,12H2,1H3/t8?,9-,10+/m1/s1. The minimum Gasteiger partial charge on any atom is -0.375 e. The summed E-state index contributed by atoms with van der Waals surface area (Å²) in [6.45, 7) is 4.46. The van der Waals surface area contributed by atoms with Gasteiger partial charge in [0.1, 0.15) is 6.10 Å². The van der Waals surface area contributed by atoms with Crippen molar-refractivity contribution >= 4 is 5.91 Å². The Hall–Kier alpha value is -0.650. The van der Waals surface area contributed by atoms with Crippen molar-refractivity contribution in [3.63, 3.8) is 0 Å². The van der Waals surface area contributed by atoms with Crippen LogP contribution < -0.4 is 5.73 Å². The van der Waals surface area contributed by atoms with Crippen LogP contribution in [0.25, 0.3) is 0 Å². The molecule has 1 unspecified atom stereocenters. The molecule has 92 valence electrons. The Kier molecular flexibility index (Phi) is 3.78. The Balaban J connectivity index is 1.87. The van der Waals surface area contributed by atoms with Crippen LogP contribution in [-0.4, -0.2) is 55.4 Å². The number of rotatable bonds is 2. The van der Waals surface area contributed by atoms with Gasteiger partial charge in [-0.3, -0.25) is 4.79 Å². The van der Waals surface area contributed by atoms with E-state index in [9.17, 15) is 4.79 Å². The van der Waals surface area contributed by atoms with Crippen LogP contribution in [0.2, 0.25) is 0 Å². The predicted octanol–water partition coefficient (Wildman–Crippen LogP) is -0.260. The highest BCUT2D eigenvalue weighted by atomic mass is 16.5. The first-order valence-electron chi connectivity index (χ1n) is 5.96. The lowest BCUT2D eigenvalue weighted by atomic mass is 10.1. The van der Waals surface area contributed by atoms with Crippen LogP contribution in [0.5, 0.6) is 0 Å². The van der Waals surface area contributed by atoms with E-state index in [1.54, 1.807) is 0 Å². The fraction of sp³-hybridized carbons (Fsp3) is 0.909. The molecule has 2 saturated heterocycles. The normalized spacial score (nSPS) is 35.4. The summed E-state index contributed by atoms with van der Waals surface area (Å²) in [6, 6.07) is 0. The number of ether oxygens (including phenoxy) is 2. The highest BCUT2D eigenvalue weighted by Crippen LogP contribution is 2.21. The van der Waals surface area contributed by atoms with E-state index >= 15 is 0 Å². The van der Waals surface area contributed by atoms with Crippen molar-refractivity contribution in [2.75, 3.05) is 26.2 Å². The second-order valence-electron chi connectivity index (χ2n) is 4.53. The first-order valence-corrected chi connectivity index (χ1v) is 5.96. The number of carbonyl (C=O) groups is 1. The average Bonchev–Trinajstić information content (AvgIpc) is 2.76. The van der Waals surface area contributed by atoms with Gasteiger partial charge < -0.3 is 20.1 Å².